The lowest BCUT2D eigenvalue weighted by molar-refractivity contribution is -0.134. The van der Waals surface area contributed by atoms with Gasteiger partial charge in [-0.1, -0.05) is 30.3 Å². The van der Waals surface area contributed by atoms with Crippen LogP contribution in [-0.2, 0) is 4.79 Å². The van der Waals surface area contributed by atoms with Crippen LogP contribution in [0.2, 0.25) is 0 Å². The summed E-state index contributed by atoms with van der Waals surface area (Å²) in [6.07, 6.45) is 3.63. The molecule has 2 aromatic heterocycles. The Bertz CT molecular complexity index is 1130. The van der Waals surface area contributed by atoms with Crippen molar-refractivity contribution in [3.05, 3.63) is 65.8 Å². The first kappa shape index (κ1) is 18.1. The number of carbonyl (C=O) groups is 1. The summed E-state index contributed by atoms with van der Waals surface area (Å²) in [7, 11) is 0. The predicted molar refractivity (Wildman–Crippen MR) is 115 cm³/mol. The number of fused-ring (bicyclic) bond motifs is 2. The molecule has 0 atom stereocenters. The van der Waals surface area contributed by atoms with E-state index in [1.165, 1.54) is 9.71 Å². The van der Waals surface area contributed by atoms with Crippen LogP contribution in [0.1, 0.15) is 23.8 Å². The molecule has 5 rings (SSSR count). The minimum absolute atomic E-state index is 0.0284. The number of rotatable bonds is 4. The zero-order valence-corrected chi connectivity index (χ0v) is 16.8. The molecule has 1 aliphatic heterocycles. The van der Waals surface area contributed by atoms with Gasteiger partial charge in [-0.2, -0.15) is 0 Å². The molecule has 29 heavy (non-hydrogen) atoms. The molecule has 1 saturated heterocycles. The van der Waals surface area contributed by atoms with Crippen LogP contribution in [0.5, 0.6) is 5.75 Å². The average molecular weight is 404 g/mol. The maximum atomic E-state index is 12.7. The normalized spacial score (nSPS) is 15.1. The smallest absolute Gasteiger partial charge is 0.260 e. The first-order valence-corrected chi connectivity index (χ1v) is 10.7. The molecule has 0 radical (unpaired) electrons. The third kappa shape index (κ3) is 3.68. The zero-order valence-electron chi connectivity index (χ0n) is 16.0. The number of amides is 1. The summed E-state index contributed by atoms with van der Waals surface area (Å²) in [5.41, 5.74) is 1.86. The third-order valence-corrected chi connectivity index (χ3v) is 6.65. The molecule has 4 aromatic rings. The number of nitrogens with zero attached hydrogens (tertiary/aromatic N) is 3. The maximum Gasteiger partial charge on any atom is 0.260 e. The standard InChI is InChI=1S/C23H21N3O2S/c27-21(15-28-19-8-3-5-16-6-4-12-24-22(16)19)26-13-10-17(11-14-26)23-25-18-7-1-2-9-20(18)29-23/h1-9,12,17H,10-11,13-15H2. The molecule has 0 spiro atoms. The maximum absolute atomic E-state index is 12.7. The average Bonchev–Trinajstić information content (AvgIpc) is 3.22. The largest absolute Gasteiger partial charge is 0.481 e. The van der Waals surface area contributed by atoms with Gasteiger partial charge in [0.2, 0.25) is 0 Å². The van der Waals surface area contributed by atoms with E-state index in [2.05, 4.69) is 23.2 Å². The van der Waals surface area contributed by atoms with Gasteiger partial charge < -0.3 is 9.64 Å². The summed E-state index contributed by atoms with van der Waals surface area (Å²) in [5, 5.41) is 2.20. The fraction of sp³-hybridized carbons (Fsp3) is 0.261. The molecule has 0 unspecified atom stereocenters. The van der Waals surface area contributed by atoms with E-state index >= 15 is 0 Å². The van der Waals surface area contributed by atoms with Crippen LogP contribution >= 0.6 is 11.3 Å². The van der Waals surface area contributed by atoms with E-state index in [9.17, 15) is 4.79 Å². The van der Waals surface area contributed by atoms with E-state index in [1.807, 2.05) is 41.3 Å². The molecular weight excluding hydrogens is 382 g/mol. The molecule has 146 valence electrons. The van der Waals surface area contributed by atoms with Crippen LogP contribution in [0.15, 0.2) is 60.8 Å². The summed E-state index contributed by atoms with van der Waals surface area (Å²) in [6.45, 7) is 1.54. The van der Waals surface area contributed by atoms with Gasteiger partial charge >= 0.3 is 0 Å². The van der Waals surface area contributed by atoms with E-state index in [-0.39, 0.29) is 12.5 Å². The molecule has 1 aliphatic rings. The molecular formula is C23H21N3O2S. The highest BCUT2D eigenvalue weighted by atomic mass is 32.1. The number of pyridine rings is 1. The van der Waals surface area contributed by atoms with Crippen LogP contribution in [0.4, 0.5) is 0 Å². The van der Waals surface area contributed by atoms with E-state index in [0.717, 1.165) is 42.4 Å². The summed E-state index contributed by atoms with van der Waals surface area (Å²) in [6, 6.07) is 17.9. The van der Waals surface area contributed by atoms with Crippen molar-refractivity contribution in [2.45, 2.75) is 18.8 Å². The summed E-state index contributed by atoms with van der Waals surface area (Å²) >= 11 is 1.78. The van der Waals surface area contributed by atoms with E-state index in [4.69, 9.17) is 9.72 Å². The Labute approximate surface area is 173 Å². The predicted octanol–water partition coefficient (Wildman–Crippen LogP) is 4.63. The van der Waals surface area contributed by atoms with Crippen molar-refractivity contribution >= 4 is 38.4 Å². The fourth-order valence-electron chi connectivity index (χ4n) is 3.86. The van der Waals surface area contributed by atoms with Gasteiger partial charge in [0, 0.05) is 30.6 Å². The number of likely N-dealkylation sites (tertiary alicyclic amines) is 1. The summed E-state index contributed by atoms with van der Waals surface area (Å²) in [5.74, 6) is 1.11. The molecule has 0 N–H and O–H groups in total. The Morgan fingerprint density at radius 2 is 1.90 bits per heavy atom. The summed E-state index contributed by atoms with van der Waals surface area (Å²) < 4.78 is 7.06. The lowest BCUT2D eigenvalue weighted by Gasteiger charge is -2.31. The highest BCUT2D eigenvalue weighted by Gasteiger charge is 2.26. The van der Waals surface area contributed by atoms with Gasteiger partial charge in [-0.05, 0) is 37.1 Å². The van der Waals surface area contributed by atoms with Crippen LogP contribution < -0.4 is 4.74 Å². The number of carbonyl (C=O) groups excluding carboxylic acids is 1. The highest BCUT2D eigenvalue weighted by molar-refractivity contribution is 7.18. The lowest BCUT2D eigenvalue weighted by Crippen LogP contribution is -2.40. The SMILES string of the molecule is O=C(COc1cccc2cccnc12)N1CCC(c2nc3ccccc3s2)CC1. The number of piperidine rings is 1. The first-order chi connectivity index (χ1) is 14.3. The molecule has 5 nitrogen and oxygen atoms in total. The van der Waals surface area contributed by atoms with Gasteiger partial charge in [-0.15, -0.1) is 11.3 Å². The Kier molecular flexibility index (Phi) is 4.86. The molecule has 6 heteroatoms. The first-order valence-electron chi connectivity index (χ1n) is 9.88. The monoisotopic (exact) mass is 403 g/mol. The Morgan fingerprint density at radius 1 is 1.07 bits per heavy atom. The molecule has 1 fully saturated rings. The number of benzene rings is 2. The van der Waals surface area contributed by atoms with Crippen molar-refractivity contribution in [2.75, 3.05) is 19.7 Å². The van der Waals surface area contributed by atoms with E-state index < -0.39 is 0 Å². The molecule has 1 amide bonds. The Morgan fingerprint density at radius 3 is 2.76 bits per heavy atom. The van der Waals surface area contributed by atoms with Crippen LogP contribution in [-0.4, -0.2) is 40.5 Å². The number of aromatic nitrogens is 2. The second-order valence-electron chi connectivity index (χ2n) is 7.29. The summed E-state index contributed by atoms with van der Waals surface area (Å²) in [4.78, 5) is 23.7. The van der Waals surface area contributed by atoms with E-state index in [1.54, 1.807) is 17.5 Å². The second kappa shape index (κ2) is 7.79. The second-order valence-corrected chi connectivity index (χ2v) is 8.36. The van der Waals surface area contributed by atoms with Crippen molar-refractivity contribution in [1.29, 1.82) is 0 Å². The lowest BCUT2D eigenvalue weighted by atomic mass is 9.97. The van der Waals surface area contributed by atoms with Crippen LogP contribution in [0, 0.1) is 0 Å². The number of para-hydroxylation sites is 2. The van der Waals surface area contributed by atoms with Crippen molar-refractivity contribution < 1.29 is 9.53 Å². The zero-order chi connectivity index (χ0) is 19.6. The Hall–Kier alpha value is -2.99. The Balaban J connectivity index is 1.20. The van der Waals surface area contributed by atoms with Crippen molar-refractivity contribution in [3.8, 4) is 5.75 Å². The van der Waals surface area contributed by atoms with E-state index in [0.29, 0.717) is 11.7 Å². The number of thiazole rings is 1. The quantitative estimate of drug-likeness (QED) is 0.499. The van der Waals surface area contributed by atoms with Gasteiger partial charge in [-0.3, -0.25) is 9.78 Å². The molecule has 0 aliphatic carbocycles. The van der Waals surface area contributed by atoms with Crippen molar-refractivity contribution in [2.24, 2.45) is 0 Å². The van der Waals surface area contributed by atoms with Gasteiger partial charge in [0.25, 0.3) is 5.91 Å². The highest BCUT2D eigenvalue weighted by Crippen LogP contribution is 2.33. The number of hydrogen-bond acceptors (Lipinski definition) is 5. The van der Waals surface area contributed by atoms with Gasteiger partial charge in [0.05, 0.1) is 15.2 Å². The van der Waals surface area contributed by atoms with Gasteiger partial charge in [0.1, 0.15) is 11.3 Å². The minimum atomic E-state index is 0.0284. The van der Waals surface area contributed by atoms with Crippen molar-refractivity contribution in [1.82, 2.24) is 14.9 Å². The topological polar surface area (TPSA) is 55.3 Å². The molecule has 2 aromatic carbocycles. The third-order valence-electron chi connectivity index (χ3n) is 5.45. The van der Waals surface area contributed by atoms with Crippen LogP contribution in [0.25, 0.3) is 21.1 Å². The number of ether oxygens (including phenoxy) is 1. The molecule has 0 saturated carbocycles. The molecule has 3 heterocycles. The molecule has 0 bridgehead atoms. The van der Waals surface area contributed by atoms with Gasteiger partial charge in [0.15, 0.2) is 6.61 Å². The van der Waals surface area contributed by atoms with Crippen molar-refractivity contribution in [3.63, 3.8) is 0 Å². The minimum Gasteiger partial charge on any atom is -0.481 e. The fourth-order valence-corrected chi connectivity index (χ4v) is 5.00. The van der Waals surface area contributed by atoms with Crippen LogP contribution in [0.3, 0.4) is 0 Å². The number of hydrogen-bond donors (Lipinski definition) is 0. The van der Waals surface area contributed by atoms with Gasteiger partial charge in [-0.25, -0.2) is 4.98 Å².